The van der Waals surface area contributed by atoms with Gasteiger partial charge in [-0.2, -0.15) is 0 Å². The molecule has 2 aromatic rings. The van der Waals surface area contributed by atoms with Crippen molar-refractivity contribution in [2.45, 2.75) is 38.9 Å². The molecule has 1 saturated carbocycles. The lowest BCUT2D eigenvalue weighted by atomic mass is 10.1. The number of hydrogen-bond acceptors (Lipinski definition) is 4. The molecule has 0 bridgehead atoms. The van der Waals surface area contributed by atoms with Gasteiger partial charge >= 0.3 is 0 Å². The summed E-state index contributed by atoms with van der Waals surface area (Å²) in [5, 5.41) is -0.222. The van der Waals surface area contributed by atoms with Crippen LogP contribution in [0.4, 0.5) is 4.79 Å². The van der Waals surface area contributed by atoms with E-state index in [0.717, 1.165) is 35.7 Å². The van der Waals surface area contributed by atoms with E-state index in [1.807, 2.05) is 59.5 Å². The Morgan fingerprint density at radius 1 is 1.10 bits per heavy atom. The van der Waals surface area contributed by atoms with Crippen LogP contribution in [0.3, 0.4) is 0 Å². The van der Waals surface area contributed by atoms with Crippen LogP contribution in [0.15, 0.2) is 54.6 Å². The summed E-state index contributed by atoms with van der Waals surface area (Å²) in [5.74, 6) is 0.567. The van der Waals surface area contributed by atoms with Crippen LogP contribution in [0.1, 0.15) is 41.3 Å². The lowest BCUT2D eigenvalue weighted by Gasteiger charge is -2.30. The van der Waals surface area contributed by atoms with Crippen molar-refractivity contribution in [1.82, 2.24) is 9.80 Å². The fraction of sp³-hybridized carbons (Fsp3) is 0.348. The molecule has 1 atom stereocenters. The highest BCUT2D eigenvalue weighted by Gasteiger charge is 2.35. The second-order valence-electron chi connectivity index (χ2n) is 7.73. The summed E-state index contributed by atoms with van der Waals surface area (Å²) in [6, 6.07) is 17.5. The van der Waals surface area contributed by atoms with Crippen molar-refractivity contribution >= 4 is 28.8 Å². The van der Waals surface area contributed by atoms with E-state index >= 15 is 0 Å². The van der Waals surface area contributed by atoms with Crippen LogP contribution in [0.25, 0.3) is 0 Å². The van der Waals surface area contributed by atoms with Gasteiger partial charge in [-0.15, -0.1) is 0 Å². The number of imide groups is 1. The molecule has 6 heteroatoms. The zero-order valence-corrected chi connectivity index (χ0v) is 17.2. The van der Waals surface area contributed by atoms with Gasteiger partial charge in [0.25, 0.3) is 11.1 Å². The van der Waals surface area contributed by atoms with Gasteiger partial charge in [0.05, 0.1) is 12.3 Å². The minimum atomic E-state index is -0.222. The molecule has 2 fully saturated rings. The van der Waals surface area contributed by atoms with E-state index in [9.17, 15) is 14.4 Å². The fourth-order valence-electron chi connectivity index (χ4n) is 3.70. The summed E-state index contributed by atoms with van der Waals surface area (Å²) in [5.41, 5.74) is 2.49. The molecule has 1 heterocycles. The first-order chi connectivity index (χ1) is 14.0. The summed E-state index contributed by atoms with van der Waals surface area (Å²) in [4.78, 5) is 40.4. The second-order valence-corrected chi connectivity index (χ2v) is 8.66. The van der Waals surface area contributed by atoms with Crippen LogP contribution in [0.5, 0.6) is 0 Å². The molecule has 1 saturated heterocycles. The first-order valence-electron chi connectivity index (χ1n) is 9.94. The van der Waals surface area contributed by atoms with E-state index in [1.54, 1.807) is 0 Å². The zero-order valence-electron chi connectivity index (χ0n) is 16.4. The Morgan fingerprint density at radius 2 is 1.83 bits per heavy atom. The largest absolute Gasteiger partial charge is 0.331 e. The highest BCUT2D eigenvalue weighted by atomic mass is 32.2. The van der Waals surface area contributed by atoms with Crippen LogP contribution < -0.4 is 0 Å². The molecule has 0 spiro atoms. The molecule has 4 rings (SSSR count). The molecule has 29 heavy (non-hydrogen) atoms. The van der Waals surface area contributed by atoms with Crippen molar-refractivity contribution in [1.29, 1.82) is 0 Å². The van der Waals surface area contributed by atoms with Gasteiger partial charge in [-0.05, 0) is 48.9 Å². The minimum absolute atomic E-state index is 0.0106. The smallest absolute Gasteiger partial charge is 0.289 e. The average Bonchev–Trinajstić information content (AvgIpc) is 3.55. The molecule has 1 aliphatic heterocycles. The number of carbonyl (C=O) groups is 3. The van der Waals surface area contributed by atoms with Crippen LogP contribution in [-0.2, 0) is 17.9 Å². The summed E-state index contributed by atoms with van der Waals surface area (Å²) in [7, 11) is 0. The quantitative estimate of drug-likeness (QED) is 0.685. The Labute approximate surface area is 175 Å². The molecular formula is C23H24N2O3S. The van der Waals surface area contributed by atoms with Gasteiger partial charge in [-0.25, -0.2) is 0 Å². The predicted octanol–water partition coefficient (Wildman–Crippen LogP) is 4.32. The normalized spacial score (nSPS) is 17.5. The van der Waals surface area contributed by atoms with Gasteiger partial charge in [0.15, 0.2) is 0 Å². The Hall–Kier alpha value is -2.60. The van der Waals surface area contributed by atoms with Crippen molar-refractivity contribution in [3.8, 4) is 0 Å². The predicted molar refractivity (Wildman–Crippen MR) is 113 cm³/mol. The monoisotopic (exact) mass is 408 g/mol. The number of benzene rings is 2. The topological polar surface area (TPSA) is 57.7 Å². The molecule has 1 aliphatic carbocycles. The number of thioether (sulfide) groups is 1. The van der Waals surface area contributed by atoms with Gasteiger partial charge in [-0.1, -0.05) is 54.2 Å². The molecule has 3 amide bonds. The molecule has 1 unspecified atom stereocenters. The summed E-state index contributed by atoms with van der Waals surface area (Å²) < 4.78 is 0. The maximum atomic E-state index is 13.4. The Morgan fingerprint density at radius 3 is 2.48 bits per heavy atom. The van der Waals surface area contributed by atoms with Crippen LogP contribution in [0, 0.1) is 5.92 Å². The average molecular weight is 409 g/mol. The molecule has 0 radical (unpaired) electrons. The standard InChI is InChI=1S/C23H24N2O3S/c1-16(19-10-11-19)24(13-17-6-3-2-4-7-17)22(27)20-9-5-8-18(12-20)14-25-21(26)15-29-23(25)28/h2-9,12,16,19H,10-11,13-15H2,1H3. The van der Waals surface area contributed by atoms with E-state index in [-0.39, 0.29) is 35.4 Å². The highest BCUT2D eigenvalue weighted by Crippen LogP contribution is 2.36. The number of nitrogens with zero attached hydrogens (tertiary/aromatic N) is 2. The van der Waals surface area contributed by atoms with E-state index in [4.69, 9.17) is 0 Å². The van der Waals surface area contributed by atoms with E-state index in [0.29, 0.717) is 18.0 Å². The summed E-state index contributed by atoms with van der Waals surface area (Å²) in [6.45, 7) is 2.91. The lowest BCUT2D eigenvalue weighted by Crippen LogP contribution is -2.39. The van der Waals surface area contributed by atoms with Crippen molar-refractivity contribution in [2.75, 3.05) is 5.75 Å². The number of carbonyl (C=O) groups excluding carboxylic acids is 3. The Balaban J connectivity index is 1.55. The Bertz CT molecular complexity index is 911. The maximum absolute atomic E-state index is 13.4. The van der Waals surface area contributed by atoms with Gasteiger partial charge in [0.2, 0.25) is 5.91 Å². The molecule has 2 aromatic carbocycles. The van der Waals surface area contributed by atoms with E-state index in [1.165, 1.54) is 4.90 Å². The third-order valence-electron chi connectivity index (χ3n) is 5.61. The van der Waals surface area contributed by atoms with Crippen molar-refractivity contribution in [2.24, 2.45) is 5.92 Å². The fourth-order valence-corrected chi connectivity index (χ4v) is 4.42. The van der Waals surface area contributed by atoms with Crippen molar-refractivity contribution in [3.63, 3.8) is 0 Å². The zero-order chi connectivity index (χ0) is 20.4. The van der Waals surface area contributed by atoms with Crippen LogP contribution >= 0.6 is 11.8 Å². The molecule has 0 aromatic heterocycles. The van der Waals surface area contributed by atoms with E-state index < -0.39 is 0 Å². The van der Waals surface area contributed by atoms with Crippen molar-refractivity contribution < 1.29 is 14.4 Å². The van der Waals surface area contributed by atoms with Gasteiger partial charge in [-0.3, -0.25) is 19.3 Å². The Kier molecular flexibility index (Phi) is 5.72. The number of rotatable bonds is 7. The molecule has 5 nitrogen and oxygen atoms in total. The molecular weight excluding hydrogens is 384 g/mol. The third kappa shape index (κ3) is 4.53. The first-order valence-corrected chi connectivity index (χ1v) is 10.9. The molecule has 150 valence electrons. The number of hydrogen-bond donors (Lipinski definition) is 0. The maximum Gasteiger partial charge on any atom is 0.289 e. The first kappa shape index (κ1) is 19.7. The van der Waals surface area contributed by atoms with Crippen LogP contribution in [0.2, 0.25) is 0 Å². The van der Waals surface area contributed by atoms with Crippen molar-refractivity contribution in [3.05, 3.63) is 71.3 Å². The summed E-state index contributed by atoms with van der Waals surface area (Å²) in [6.07, 6.45) is 2.33. The number of amides is 3. The molecule has 0 N–H and O–H groups in total. The molecule has 2 aliphatic rings. The van der Waals surface area contributed by atoms with Crippen LogP contribution in [-0.4, -0.2) is 38.6 Å². The summed E-state index contributed by atoms with van der Waals surface area (Å²) >= 11 is 1.03. The lowest BCUT2D eigenvalue weighted by molar-refractivity contribution is -0.125. The highest BCUT2D eigenvalue weighted by molar-refractivity contribution is 8.14. The van der Waals surface area contributed by atoms with E-state index in [2.05, 4.69) is 6.92 Å². The van der Waals surface area contributed by atoms with Gasteiger partial charge < -0.3 is 4.90 Å². The van der Waals surface area contributed by atoms with Gasteiger partial charge in [0.1, 0.15) is 0 Å². The third-order valence-corrected chi connectivity index (χ3v) is 6.47. The SMILES string of the molecule is CC(C1CC1)N(Cc1ccccc1)C(=O)c1cccc(CN2C(=O)CSC2=O)c1. The van der Waals surface area contributed by atoms with Gasteiger partial charge in [0, 0.05) is 18.2 Å². The second kappa shape index (κ2) is 8.41. The minimum Gasteiger partial charge on any atom is -0.331 e.